The fourth-order valence-corrected chi connectivity index (χ4v) is 5.14. The van der Waals surface area contributed by atoms with Crippen LogP contribution in [0.1, 0.15) is 44.9 Å². The Morgan fingerprint density at radius 2 is 1.69 bits per heavy atom. The third-order valence-corrected chi connectivity index (χ3v) is 5.20. The average Bonchev–Trinajstić information content (AvgIpc) is 2.24. The molecule has 2 nitrogen and oxygen atoms in total. The Hall–Kier alpha value is -0.520. The van der Waals surface area contributed by atoms with Crippen molar-refractivity contribution in [3.63, 3.8) is 0 Å². The van der Waals surface area contributed by atoms with Crippen LogP contribution < -0.4 is 11.3 Å². The number of rotatable bonds is 3. The largest absolute Gasteiger partial charge is 0.270 e. The Labute approximate surface area is 98.3 Å². The predicted molar refractivity (Wildman–Crippen MR) is 65.2 cm³/mol. The molecule has 4 aliphatic carbocycles. The molecule has 16 heavy (non-hydrogen) atoms. The van der Waals surface area contributed by atoms with Gasteiger partial charge in [-0.1, -0.05) is 5.92 Å². The lowest BCUT2D eigenvalue weighted by Crippen LogP contribution is -2.49. The van der Waals surface area contributed by atoms with Gasteiger partial charge in [0, 0.05) is 0 Å². The van der Waals surface area contributed by atoms with E-state index in [1.807, 2.05) is 0 Å². The summed E-state index contributed by atoms with van der Waals surface area (Å²) in [5, 5.41) is 0. The molecule has 0 spiro atoms. The van der Waals surface area contributed by atoms with Crippen LogP contribution in [0.2, 0.25) is 0 Å². The lowest BCUT2D eigenvalue weighted by Gasteiger charge is -2.57. The molecule has 0 aromatic rings. The molecule has 0 heterocycles. The summed E-state index contributed by atoms with van der Waals surface area (Å²) in [6, 6.07) is 0.0799. The summed E-state index contributed by atoms with van der Waals surface area (Å²) in [7, 11) is 0. The molecular formula is C14H22N2. The van der Waals surface area contributed by atoms with E-state index in [0.717, 1.165) is 24.2 Å². The van der Waals surface area contributed by atoms with Crippen molar-refractivity contribution < 1.29 is 0 Å². The molecule has 4 bridgehead atoms. The van der Waals surface area contributed by atoms with Gasteiger partial charge in [-0.05, 0) is 68.1 Å². The Morgan fingerprint density at radius 3 is 2.06 bits per heavy atom. The topological polar surface area (TPSA) is 38.0 Å². The van der Waals surface area contributed by atoms with Crippen LogP contribution in [0.4, 0.5) is 0 Å². The van der Waals surface area contributed by atoms with Gasteiger partial charge in [0.15, 0.2) is 0 Å². The lowest BCUT2D eigenvalue weighted by atomic mass is 9.48. The minimum absolute atomic E-state index is 0.0799. The minimum Gasteiger partial charge on any atom is -0.270 e. The summed E-state index contributed by atoms with van der Waals surface area (Å²) in [5.74, 6) is 11.3. The molecule has 88 valence electrons. The van der Waals surface area contributed by atoms with E-state index >= 15 is 0 Å². The molecule has 4 saturated carbocycles. The number of hydrogen-bond donors (Lipinski definition) is 2. The molecule has 4 fully saturated rings. The SMILES string of the molecule is C#CC(CC12CC3CC(CC(C3)C1)C2)NN. The first-order chi connectivity index (χ1) is 7.73. The maximum Gasteiger partial charge on any atom is 0.0820 e. The monoisotopic (exact) mass is 218 g/mol. The highest BCUT2D eigenvalue weighted by molar-refractivity contribution is 5.07. The molecule has 0 aliphatic heterocycles. The van der Waals surface area contributed by atoms with E-state index in [1.165, 1.54) is 38.5 Å². The summed E-state index contributed by atoms with van der Waals surface area (Å²) in [6.07, 6.45) is 15.4. The van der Waals surface area contributed by atoms with Gasteiger partial charge in [0.05, 0.1) is 6.04 Å². The number of nitrogens with two attached hydrogens (primary N) is 1. The molecule has 0 radical (unpaired) electrons. The second-order valence-electron chi connectivity index (χ2n) is 6.51. The second kappa shape index (κ2) is 3.75. The van der Waals surface area contributed by atoms with Crippen molar-refractivity contribution in [2.75, 3.05) is 0 Å². The zero-order valence-corrected chi connectivity index (χ0v) is 9.91. The van der Waals surface area contributed by atoms with E-state index in [2.05, 4.69) is 11.3 Å². The van der Waals surface area contributed by atoms with E-state index in [-0.39, 0.29) is 6.04 Å². The molecule has 0 amide bonds. The maximum atomic E-state index is 5.52. The summed E-state index contributed by atoms with van der Waals surface area (Å²) in [4.78, 5) is 0. The van der Waals surface area contributed by atoms with Gasteiger partial charge in [-0.25, -0.2) is 5.43 Å². The van der Waals surface area contributed by atoms with E-state index in [4.69, 9.17) is 12.3 Å². The van der Waals surface area contributed by atoms with Gasteiger partial charge in [0.25, 0.3) is 0 Å². The molecule has 4 aliphatic rings. The minimum atomic E-state index is 0.0799. The van der Waals surface area contributed by atoms with E-state index < -0.39 is 0 Å². The maximum absolute atomic E-state index is 5.52. The third-order valence-electron chi connectivity index (χ3n) is 5.20. The zero-order valence-electron chi connectivity index (χ0n) is 9.91. The number of terminal acetylenes is 1. The summed E-state index contributed by atoms with van der Waals surface area (Å²) >= 11 is 0. The number of hydrogen-bond acceptors (Lipinski definition) is 2. The van der Waals surface area contributed by atoms with Crippen LogP contribution in [0.15, 0.2) is 0 Å². The van der Waals surface area contributed by atoms with Crippen LogP contribution in [0.25, 0.3) is 0 Å². The Balaban J connectivity index is 1.76. The van der Waals surface area contributed by atoms with Gasteiger partial charge in [-0.15, -0.1) is 6.42 Å². The lowest BCUT2D eigenvalue weighted by molar-refractivity contribution is -0.0595. The predicted octanol–water partition coefficient (Wildman–Crippen LogP) is 2.06. The highest BCUT2D eigenvalue weighted by atomic mass is 15.2. The quantitative estimate of drug-likeness (QED) is 0.432. The standard InChI is InChI=1S/C14H22N2/c1-2-13(16-15)9-14-6-10-3-11(7-14)5-12(4-10)8-14/h1,10-13,16H,3-9,15H2. The van der Waals surface area contributed by atoms with Crippen LogP contribution in [0.5, 0.6) is 0 Å². The Bertz CT molecular complexity index is 280. The van der Waals surface area contributed by atoms with Crippen LogP contribution in [-0.4, -0.2) is 6.04 Å². The second-order valence-corrected chi connectivity index (χ2v) is 6.51. The number of nitrogens with one attached hydrogen (secondary N) is 1. The molecule has 4 rings (SSSR count). The normalized spacial score (nSPS) is 46.6. The molecular weight excluding hydrogens is 196 g/mol. The summed E-state index contributed by atoms with van der Waals surface area (Å²) in [5.41, 5.74) is 3.33. The van der Waals surface area contributed by atoms with Gasteiger partial charge < -0.3 is 0 Å². The summed E-state index contributed by atoms with van der Waals surface area (Å²) < 4.78 is 0. The first-order valence-corrected chi connectivity index (χ1v) is 6.65. The molecule has 3 N–H and O–H groups in total. The fourth-order valence-electron chi connectivity index (χ4n) is 5.14. The first-order valence-electron chi connectivity index (χ1n) is 6.65. The third kappa shape index (κ3) is 1.67. The van der Waals surface area contributed by atoms with Gasteiger partial charge >= 0.3 is 0 Å². The van der Waals surface area contributed by atoms with Crippen molar-refractivity contribution in [3.05, 3.63) is 0 Å². The molecule has 0 aromatic heterocycles. The highest BCUT2D eigenvalue weighted by Gasteiger charge is 2.51. The molecule has 0 aromatic carbocycles. The molecule has 1 unspecified atom stereocenters. The van der Waals surface area contributed by atoms with Crippen LogP contribution in [-0.2, 0) is 0 Å². The van der Waals surface area contributed by atoms with Gasteiger partial charge in [0.1, 0.15) is 0 Å². The van der Waals surface area contributed by atoms with Crippen LogP contribution in [0.3, 0.4) is 0 Å². The van der Waals surface area contributed by atoms with Crippen LogP contribution in [0, 0.1) is 35.5 Å². The average molecular weight is 218 g/mol. The Kier molecular flexibility index (Phi) is 2.49. The highest BCUT2D eigenvalue weighted by Crippen LogP contribution is 2.61. The van der Waals surface area contributed by atoms with Gasteiger partial charge in [0.2, 0.25) is 0 Å². The van der Waals surface area contributed by atoms with Gasteiger partial charge in [-0.2, -0.15) is 0 Å². The van der Waals surface area contributed by atoms with Crippen molar-refractivity contribution in [1.82, 2.24) is 5.43 Å². The first kappa shape index (κ1) is 10.6. The van der Waals surface area contributed by atoms with Crippen molar-refractivity contribution in [2.24, 2.45) is 29.0 Å². The smallest absolute Gasteiger partial charge is 0.0820 e. The summed E-state index contributed by atoms with van der Waals surface area (Å²) in [6.45, 7) is 0. The van der Waals surface area contributed by atoms with Gasteiger partial charge in [-0.3, -0.25) is 5.84 Å². The molecule has 2 heteroatoms. The Morgan fingerprint density at radius 1 is 1.19 bits per heavy atom. The van der Waals surface area contributed by atoms with Crippen LogP contribution >= 0.6 is 0 Å². The van der Waals surface area contributed by atoms with Crippen molar-refractivity contribution in [1.29, 1.82) is 0 Å². The molecule has 0 saturated heterocycles. The molecule has 1 atom stereocenters. The zero-order chi connectivity index (χ0) is 11.2. The number of hydrazine groups is 1. The van der Waals surface area contributed by atoms with Crippen molar-refractivity contribution in [2.45, 2.75) is 51.0 Å². The van der Waals surface area contributed by atoms with E-state index in [0.29, 0.717) is 5.41 Å². The van der Waals surface area contributed by atoms with E-state index in [1.54, 1.807) is 0 Å². The fraction of sp³-hybridized carbons (Fsp3) is 0.857. The van der Waals surface area contributed by atoms with Crippen molar-refractivity contribution in [3.8, 4) is 12.3 Å². The van der Waals surface area contributed by atoms with E-state index in [9.17, 15) is 0 Å². The van der Waals surface area contributed by atoms with Crippen molar-refractivity contribution >= 4 is 0 Å².